The van der Waals surface area contributed by atoms with Gasteiger partial charge in [-0.15, -0.1) is 0 Å². The molecule has 162 valence electrons. The van der Waals surface area contributed by atoms with Crippen LogP contribution in [0.3, 0.4) is 0 Å². The van der Waals surface area contributed by atoms with E-state index in [1.54, 1.807) is 18.2 Å². The van der Waals surface area contributed by atoms with Crippen LogP contribution in [0.4, 0.5) is 11.4 Å². The lowest BCUT2D eigenvalue weighted by atomic mass is 10.1. The molecule has 1 aliphatic heterocycles. The molecular weight excluding hydrogens is 402 g/mol. The highest BCUT2D eigenvalue weighted by Crippen LogP contribution is 2.31. The van der Waals surface area contributed by atoms with Crippen molar-refractivity contribution < 1.29 is 17.9 Å². The van der Waals surface area contributed by atoms with Crippen LogP contribution in [0, 0.1) is 0 Å². The maximum Gasteiger partial charge on any atom is 0.255 e. The van der Waals surface area contributed by atoms with Crippen LogP contribution < -0.4 is 14.4 Å². The number of hydrogen-bond donors (Lipinski definition) is 1. The van der Waals surface area contributed by atoms with E-state index in [1.807, 2.05) is 24.3 Å². The summed E-state index contributed by atoms with van der Waals surface area (Å²) in [6.07, 6.45) is 1.79. The van der Waals surface area contributed by atoms with E-state index in [0.29, 0.717) is 42.3 Å². The van der Waals surface area contributed by atoms with Gasteiger partial charge in [0, 0.05) is 18.7 Å². The third-order valence-electron chi connectivity index (χ3n) is 5.29. The minimum atomic E-state index is -3.31. The van der Waals surface area contributed by atoms with Crippen LogP contribution >= 0.6 is 0 Å². The third kappa shape index (κ3) is 5.12. The number of carbonyl (C=O) groups excluding carboxylic acids is 1. The summed E-state index contributed by atoms with van der Waals surface area (Å²) >= 11 is 0. The van der Waals surface area contributed by atoms with E-state index in [4.69, 9.17) is 4.74 Å². The second-order valence-corrected chi connectivity index (χ2v) is 9.16. The lowest BCUT2D eigenvalue weighted by Gasteiger charge is -2.19. The Kier molecular flexibility index (Phi) is 6.99. The van der Waals surface area contributed by atoms with Gasteiger partial charge in [-0.05, 0) is 55.4 Å². The monoisotopic (exact) mass is 431 g/mol. The van der Waals surface area contributed by atoms with Gasteiger partial charge in [-0.25, -0.2) is 8.42 Å². The molecule has 1 N–H and O–H groups in total. The third-order valence-corrected chi connectivity index (χ3v) is 6.47. The zero-order valence-electron chi connectivity index (χ0n) is 17.7. The van der Waals surface area contributed by atoms with Gasteiger partial charge in [0.05, 0.1) is 17.6 Å². The van der Waals surface area contributed by atoms with E-state index >= 15 is 0 Å². The Labute approximate surface area is 178 Å². The van der Waals surface area contributed by atoms with Crippen molar-refractivity contribution in [2.75, 3.05) is 48.7 Å². The maximum absolute atomic E-state index is 12.8. The molecule has 1 amide bonds. The number of para-hydroxylation sites is 2. The minimum absolute atomic E-state index is 0.254. The molecule has 0 radical (unpaired) electrons. The zero-order valence-corrected chi connectivity index (χ0v) is 18.5. The average molecular weight is 432 g/mol. The van der Waals surface area contributed by atoms with Crippen molar-refractivity contribution in [2.45, 2.75) is 20.3 Å². The summed E-state index contributed by atoms with van der Waals surface area (Å²) in [6.45, 7) is 7.92. The first-order valence-corrected chi connectivity index (χ1v) is 12.0. The van der Waals surface area contributed by atoms with Gasteiger partial charge in [0.15, 0.2) is 0 Å². The topological polar surface area (TPSA) is 79.0 Å². The fourth-order valence-electron chi connectivity index (χ4n) is 3.57. The molecule has 0 aromatic heterocycles. The summed E-state index contributed by atoms with van der Waals surface area (Å²) in [6, 6.07) is 12.5. The number of amides is 1. The molecule has 0 aliphatic carbocycles. The van der Waals surface area contributed by atoms with E-state index < -0.39 is 10.0 Å². The van der Waals surface area contributed by atoms with E-state index in [-0.39, 0.29) is 5.91 Å². The van der Waals surface area contributed by atoms with Crippen molar-refractivity contribution in [1.82, 2.24) is 4.90 Å². The van der Waals surface area contributed by atoms with Crippen LogP contribution in [0.2, 0.25) is 0 Å². The van der Waals surface area contributed by atoms with Crippen LogP contribution in [0.5, 0.6) is 5.75 Å². The molecule has 0 saturated heterocycles. The number of anilines is 2. The molecule has 2 aromatic rings. The van der Waals surface area contributed by atoms with Crippen LogP contribution in [0.25, 0.3) is 0 Å². The summed E-state index contributed by atoms with van der Waals surface area (Å²) in [5, 5.41) is 2.92. The molecule has 1 heterocycles. The molecule has 7 nitrogen and oxygen atoms in total. The van der Waals surface area contributed by atoms with Crippen molar-refractivity contribution in [3.63, 3.8) is 0 Å². The molecule has 0 fully saturated rings. The lowest BCUT2D eigenvalue weighted by Crippen LogP contribution is -2.28. The first-order chi connectivity index (χ1) is 14.3. The van der Waals surface area contributed by atoms with Crippen molar-refractivity contribution >= 4 is 27.3 Å². The quantitative estimate of drug-likeness (QED) is 0.660. The first kappa shape index (κ1) is 22.1. The lowest BCUT2D eigenvalue weighted by molar-refractivity contribution is 0.102. The number of carbonyl (C=O) groups is 1. The normalized spacial score (nSPS) is 13.4. The van der Waals surface area contributed by atoms with Crippen molar-refractivity contribution in [2.24, 2.45) is 0 Å². The van der Waals surface area contributed by atoms with Crippen LogP contribution in [-0.2, 0) is 16.4 Å². The van der Waals surface area contributed by atoms with E-state index in [9.17, 15) is 13.2 Å². The molecule has 0 unspecified atom stereocenters. The number of likely N-dealkylation sites (N-methyl/N-ethyl adjacent to an activating group) is 1. The van der Waals surface area contributed by atoms with Crippen LogP contribution in [0.15, 0.2) is 42.5 Å². The predicted molar refractivity (Wildman–Crippen MR) is 120 cm³/mol. The molecular formula is C22H29N3O4S. The molecule has 2 aromatic carbocycles. The van der Waals surface area contributed by atoms with E-state index in [1.165, 1.54) is 10.6 Å². The number of rotatable bonds is 9. The predicted octanol–water partition coefficient (Wildman–Crippen LogP) is 2.98. The molecule has 8 heteroatoms. The molecule has 30 heavy (non-hydrogen) atoms. The Morgan fingerprint density at radius 2 is 1.90 bits per heavy atom. The van der Waals surface area contributed by atoms with Crippen molar-refractivity contribution in [1.29, 1.82) is 0 Å². The number of hydrogen-bond acceptors (Lipinski definition) is 5. The number of nitrogens with one attached hydrogen (secondary N) is 1. The van der Waals surface area contributed by atoms with E-state index in [2.05, 4.69) is 24.1 Å². The van der Waals surface area contributed by atoms with Gasteiger partial charge >= 0.3 is 0 Å². The van der Waals surface area contributed by atoms with Gasteiger partial charge in [-0.3, -0.25) is 9.10 Å². The van der Waals surface area contributed by atoms with Gasteiger partial charge in [0.25, 0.3) is 5.91 Å². The molecule has 3 rings (SSSR count). The van der Waals surface area contributed by atoms with E-state index in [0.717, 1.165) is 25.2 Å². The summed E-state index contributed by atoms with van der Waals surface area (Å²) < 4.78 is 31.1. The molecule has 0 saturated carbocycles. The van der Waals surface area contributed by atoms with Crippen LogP contribution in [0.1, 0.15) is 29.8 Å². The highest BCUT2D eigenvalue weighted by Gasteiger charge is 2.26. The van der Waals surface area contributed by atoms with Gasteiger partial charge in [-0.2, -0.15) is 0 Å². The van der Waals surface area contributed by atoms with Crippen molar-refractivity contribution in [3.8, 4) is 5.75 Å². The van der Waals surface area contributed by atoms with Crippen LogP contribution in [-0.4, -0.2) is 58.3 Å². The zero-order chi connectivity index (χ0) is 21.7. The highest BCUT2D eigenvalue weighted by molar-refractivity contribution is 7.92. The fourth-order valence-corrected chi connectivity index (χ4v) is 4.53. The second kappa shape index (κ2) is 9.49. The fraction of sp³-hybridized carbons (Fsp3) is 0.409. The first-order valence-electron chi connectivity index (χ1n) is 10.2. The molecule has 0 spiro atoms. The minimum Gasteiger partial charge on any atom is -0.490 e. The molecule has 1 aliphatic rings. The smallest absolute Gasteiger partial charge is 0.255 e. The number of ether oxygens (including phenoxy) is 1. The summed E-state index contributed by atoms with van der Waals surface area (Å²) in [7, 11) is -3.31. The van der Waals surface area contributed by atoms with Gasteiger partial charge in [-0.1, -0.05) is 26.0 Å². The Morgan fingerprint density at radius 1 is 1.17 bits per heavy atom. The van der Waals surface area contributed by atoms with Gasteiger partial charge < -0.3 is 15.0 Å². The average Bonchev–Trinajstić information content (AvgIpc) is 3.16. The van der Waals surface area contributed by atoms with Crippen molar-refractivity contribution in [3.05, 3.63) is 53.6 Å². The summed E-state index contributed by atoms with van der Waals surface area (Å²) in [5.74, 6) is 0.373. The maximum atomic E-state index is 12.8. The highest BCUT2D eigenvalue weighted by atomic mass is 32.2. The SMILES string of the molecule is CCN(CC)CCOc1ccccc1NC(=O)c1ccc2c(c1)CCN2S(C)(=O)=O. The Balaban J connectivity index is 1.70. The van der Waals surface area contributed by atoms with Gasteiger partial charge in [0.2, 0.25) is 10.0 Å². The number of benzene rings is 2. The number of nitrogens with zero attached hydrogens (tertiary/aromatic N) is 2. The molecule has 0 bridgehead atoms. The second-order valence-electron chi connectivity index (χ2n) is 7.25. The Hall–Kier alpha value is -2.58. The molecule has 0 atom stereocenters. The van der Waals surface area contributed by atoms with Gasteiger partial charge in [0.1, 0.15) is 12.4 Å². The number of sulfonamides is 1. The summed E-state index contributed by atoms with van der Waals surface area (Å²) in [5.41, 5.74) is 2.60. The summed E-state index contributed by atoms with van der Waals surface area (Å²) in [4.78, 5) is 15.1. The standard InChI is InChI=1S/C22H29N3O4S/c1-4-24(5-2)14-15-29-21-9-7-6-8-19(21)23-22(26)18-10-11-20-17(16-18)12-13-25(20)30(3,27)28/h6-11,16H,4-5,12-15H2,1-3H3,(H,23,26). The Morgan fingerprint density at radius 3 is 2.60 bits per heavy atom. The largest absolute Gasteiger partial charge is 0.490 e. The number of fused-ring (bicyclic) bond motifs is 1. The Bertz CT molecular complexity index is 1000.